The number of carbonyl (C=O) groups excluding carboxylic acids is 2. The molecule has 0 unspecified atom stereocenters. The Labute approximate surface area is 152 Å². The average molecular weight is 360 g/mol. The summed E-state index contributed by atoms with van der Waals surface area (Å²) < 4.78 is 0. The minimum absolute atomic E-state index is 0.0644. The maximum atomic E-state index is 12.2. The SMILES string of the molecule is CCCC(=O)Nc1ccc(Cl)c(NC(=O)CCc2ccc(N)cc2)c1. The lowest BCUT2D eigenvalue weighted by molar-refractivity contribution is -0.117. The summed E-state index contributed by atoms with van der Waals surface area (Å²) >= 11 is 6.13. The van der Waals surface area contributed by atoms with Gasteiger partial charge in [0.05, 0.1) is 10.7 Å². The molecule has 2 aromatic rings. The molecule has 0 saturated carbocycles. The number of hydrogen-bond acceptors (Lipinski definition) is 3. The molecule has 2 amide bonds. The molecule has 0 aliphatic heterocycles. The third-order valence-corrected chi connectivity index (χ3v) is 3.95. The van der Waals surface area contributed by atoms with Crippen LogP contribution in [0.2, 0.25) is 5.02 Å². The van der Waals surface area contributed by atoms with Gasteiger partial charge in [-0.1, -0.05) is 30.7 Å². The predicted molar refractivity (Wildman–Crippen MR) is 103 cm³/mol. The number of rotatable bonds is 7. The van der Waals surface area contributed by atoms with Gasteiger partial charge in [0, 0.05) is 24.2 Å². The van der Waals surface area contributed by atoms with Crippen LogP contribution in [0.1, 0.15) is 31.7 Å². The van der Waals surface area contributed by atoms with Crippen LogP contribution in [0.4, 0.5) is 17.1 Å². The standard InChI is InChI=1S/C19H22ClN3O2/c1-2-3-18(24)22-15-9-10-16(20)17(12-15)23-19(25)11-6-13-4-7-14(21)8-5-13/h4-5,7-10,12H,2-3,6,11,21H2,1H3,(H,22,24)(H,23,25). The van der Waals surface area contributed by atoms with Gasteiger partial charge in [-0.2, -0.15) is 0 Å². The highest BCUT2D eigenvalue weighted by Gasteiger charge is 2.09. The predicted octanol–water partition coefficient (Wildman–Crippen LogP) is 4.23. The molecule has 0 heterocycles. The Bertz CT molecular complexity index is 745. The Morgan fingerprint density at radius 3 is 2.36 bits per heavy atom. The zero-order valence-corrected chi connectivity index (χ0v) is 14.9. The van der Waals surface area contributed by atoms with Crippen molar-refractivity contribution in [3.63, 3.8) is 0 Å². The minimum Gasteiger partial charge on any atom is -0.399 e. The fourth-order valence-corrected chi connectivity index (χ4v) is 2.47. The summed E-state index contributed by atoms with van der Waals surface area (Å²) in [7, 11) is 0. The van der Waals surface area contributed by atoms with Crippen LogP contribution in [-0.2, 0) is 16.0 Å². The van der Waals surface area contributed by atoms with Crippen molar-refractivity contribution in [2.45, 2.75) is 32.6 Å². The maximum absolute atomic E-state index is 12.2. The van der Waals surface area contributed by atoms with Crippen molar-refractivity contribution in [3.05, 3.63) is 53.1 Å². The maximum Gasteiger partial charge on any atom is 0.224 e. The lowest BCUT2D eigenvalue weighted by Crippen LogP contribution is -2.14. The van der Waals surface area contributed by atoms with Crippen molar-refractivity contribution in [1.29, 1.82) is 0 Å². The summed E-state index contributed by atoms with van der Waals surface area (Å²) in [5.74, 6) is -0.207. The number of anilines is 3. The monoisotopic (exact) mass is 359 g/mol. The second-order valence-corrected chi connectivity index (χ2v) is 6.19. The fraction of sp³-hybridized carbons (Fsp3) is 0.263. The van der Waals surface area contributed by atoms with Gasteiger partial charge in [0.25, 0.3) is 0 Å². The molecule has 5 nitrogen and oxygen atoms in total. The van der Waals surface area contributed by atoms with Crippen molar-refractivity contribution in [2.75, 3.05) is 16.4 Å². The zero-order chi connectivity index (χ0) is 18.2. The molecule has 0 atom stereocenters. The summed E-state index contributed by atoms with van der Waals surface area (Å²) in [6.45, 7) is 1.94. The molecule has 0 radical (unpaired) electrons. The second-order valence-electron chi connectivity index (χ2n) is 5.78. The van der Waals surface area contributed by atoms with Crippen LogP contribution in [0.5, 0.6) is 0 Å². The molecule has 0 spiro atoms. The van der Waals surface area contributed by atoms with Crippen LogP contribution in [0, 0.1) is 0 Å². The molecule has 6 heteroatoms. The lowest BCUT2D eigenvalue weighted by Gasteiger charge is -2.11. The lowest BCUT2D eigenvalue weighted by atomic mass is 10.1. The molecule has 25 heavy (non-hydrogen) atoms. The van der Waals surface area contributed by atoms with E-state index in [9.17, 15) is 9.59 Å². The molecule has 0 aliphatic rings. The number of benzene rings is 2. The largest absolute Gasteiger partial charge is 0.399 e. The van der Waals surface area contributed by atoms with E-state index in [-0.39, 0.29) is 11.8 Å². The topological polar surface area (TPSA) is 84.2 Å². The van der Waals surface area contributed by atoms with Gasteiger partial charge in [0.15, 0.2) is 0 Å². The number of nitrogens with one attached hydrogen (secondary N) is 2. The van der Waals surface area contributed by atoms with Crippen molar-refractivity contribution in [1.82, 2.24) is 0 Å². The Kier molecular flexibility index (Phi) is 6.83. The Balaban J connectivity index is 1.94. The highest BCUT2D eigenvalue weighted by atomic mass is 35.5. The van der Waals surface area contributed by atoms with E-state index in [1.807, 2.05) is 31.2 Å². The summed E-state index contributed by atoms with van der Waals surface area (Å²) in [6.07, 6.45) is 2.16. The number of nitrogen functional groups attached to an aromatic ring is 1. The first-order valence-electron chi connectivity index (χ1n) is 8.21. The summed E-state index contributed by atoms with van der Waals surface area (Å²) in [5.41, 5.74) is 8.47. The number of aryl methyl sites for hydroxylation is 1. The molecule has 0 bridgehead atoms. The number of nitrogens with two attached hydrogens (primary N) is 1. The van der Waals surface area contributed by atoms with Crippen molar-refractivity contribution in [3.8, 4) is 0 Å². The molecule has 0 fully saturated rings. The van der Waals surface area contributed by atoms with E-state index in [2.05, 4.69) is 10.6 Å². The number of amides is 2. The third-order valence-electron chi connectivity index (χ3n) is 3.62. The van der Waals surface area contributed by atoms with Gasteiger partial charge >= 0.3 is 0 Å². The first-order valence-corrected chi connectivity index (χ1v) is 8.59. The van der Waals surface area contributed by atoms with Gasteiger partial charge in [-0.25, -0.2) is 0 Å². The first-order chi connectivity index (χ1) is 12.0. The number of halogens is 1. The molecule has 0 aliphatic carbocycles. The van der Waals surface area contributed by atoms with Crippen molar-refractivity contribution < 1.29 is 9.59 Å². The third kappa shape index (κ3) is 6.12. The molecule has 2 aromatic carbocycles. The highest BCUT2D eigenvalue weighted by Crippen LogP contribution is 2.26. The van der Waals surface area contributed by atoms with Gasteiger partial charge in [-0.15, -0.1) is 0 Å². The van der Waals surface area contributed by atoms with E-state index in [0.717, 1.165) is 12.0 Å². The summed E-state index contributed by atoms with van der Waals surface area (Å²) in [6, 6.07) is 12.5. The van der Waals surface area contributed by atoms with Crippen LogP contribution in [0.3, 0.4) is 0 Å². The second kappa shape index (κ2) is 9.08. The Hall–Kier alpha value is -2.53. The summed E-state index contributed by atoms with van der Waals surface area (Å²) in [5, 5.41) is 6.00. The van der Waals surface area contributed by atoms with Crippen LogP contribution >= 0.6 is 11.6 Å². The van der Waals surface area contributed by atoms with Crippen LogP contribution in [-0.4, -0.2) is 11.8 Å². The van der Waals surface area contributed by atoms with Crippen molar-refractivity contribution >= 4 is 40.5 Å². The van der Waals surface area contributed by atoms with E-state index < -0.39 is 0 Å². The molecule has 132 valence electrons. The normalized spacial score (nSPS) is 10.3. The molecule has 0 saturated heterocycles. The smallest absolute Gasteiger partial charge is 0.224 e. The average Bonchev–Trinajstić information content (AvgIpc) is 2.57. The molecule has 0 aromatic heterocycles. The van der Waals surface area contributed by atoms with E-state index in [1.165, 1.54) is 0 Å². The van der Waals surface area contributed by atoms with Crippen LogP contribution in [0.25, 0.3) is 0 Å². The summed E-state index contributed by atoms with van der Waals surface area (Å²) in [4.78, 5) is 23.8. The highest BCUT2D eigenvalue weighted by molar-refractivity contribution is 6.33. The van der Waals surface area contributed by atoms with Crippen LogP contribution in [0.15, 0.2) is 42.5 Å². The van der Waals surface area contributed by atoms with E-state index in [0.29, 0.717) is 41.3 Å². The number of hydrogen-bond donors (Lipinski definition) is 3. The minimum atomic E-state index is -0.143. The van der Waals surface area contributed by atoms with Gasteiger partial charge in [0.2, 0.25) is 11.8 Å². The number of carbonyl (C=O) groups is 2. The quantitative estimate of drug-likeness (QED) is 0.646. The molecule has 4 N–H and O–H groups in total. The fourth-order valence-electron chi connectivity index (χ4n) is 2.30. The Morgan fingerprint density at radius 2 is 1.68 bits per heavy atom. The van der Waals surface area contributed by atoms with E-state index in [4.69, 9.17) is 17.3 Å². The van der Waals surface area contributed by atoms with Gasteiger partial charge < -0.3 is 16.4 Å². The first kappa shape index (κ1) is 18.8. The van der Waals surface area contributed by atoms with Crippen LogP contribution < -0.4 is 16.4 Å². The molecular weight excluding hydrogens is 338 g/mol. The molecule has 2 rings (SSSR count). The van der Waals surface area contributed by atoms with Crippen molar-refractivity contribution in [2.24, 2.45) is 0 Å². The van der Waals surface area contributed by atoms with Gasteiger partial charge in [-0.3, -0.25) is 9.59 Å². The van der Waals surface area contributed by atoms with E-state index in [1.54, 1.807) is 18.2 Å². The van der Waals surface area contributed by atoms with Gasteiger partial charge in [0.1, 0.15) is 0 Å². The van der Waals surface area contributed by atoms with E-state index >= 15 is 0 Å². The zero-order valence-electron chi connectivity index (χ0n) is 14.1. The van der Waals surface area contributed by atoms with Gasteiger partial charge in [-0.05, 0) is 48.7 Å². The molecular formula is C19H22ClN3O2. The Morgan fingerprint density at radius 1 is 1.00 bits per heavy atom.